The van der Waals surface area contributed by atoms with E-state index in [9.17, 15) is 14.2 Å². The van der Waals surface area contributed by atoms with Crippen LogP contribution in [0.4, 0.5) is 0 Å². The average molecular weight is 298 g/mol. The lowest BCUT2D eigenvalue weighted by molar-refractivity contribution is -0.241. The first-order chi connectivity index (χ1) is 8.92. The first kappa shape index (κ1) is 17.8. The molecule has 0 aromatic heterocycles. The summed E-state index contributed by atoms with van der Waals surface area (Å²) in [6, 6.07) is 0. The summed E-state index contributed by atoms with van der Waals surface area (Å²) in [6.45, 7) is 0. The van der Waals surface area contributed by atoms with Gasteiger partial charge in [-0.3, -0.25) is 4.57 Å². The van der Waals surface area contributed by atoms with Gasteiger partial charge in [0.05, 0.1) is 40.2 Å². The minimum absolute atomic E-state index is 0.285. The van der Waals surface area contributed by atoms with Crippen LogP contribution in [0.5, 0.6) is 0 Å². The summed E-state index contributed by atoms with van der Waals surface area (Å²) in [4.78, 5) is 31.0. The van der Waals surface area contributed by atoms with Gasteiger partial charge in [0.15, 0.2) is 0 Å². The molecule has 0 spiro atoms. The molecular formula is C9H15O9P. The molecule has 0 aromatic rings. The van der Waals surface area contributed by atoms with Crippen molar-refractivity contribution in [1.29, 1.82) is 0 Å². The molecule has 0 radical (unpaired) electrons. The fourth-order valence-electron chi connectivity index (χ4n) is 1.00. The Morgan fingerprint density at radius 3 is 1.89 bits per heavy atom. The molecule has 110 valence electrons. The van der Waals surface area contributed by atoms with E-state index >= 15 is 0 Å². The van der Waals surface area contributed by atoms with Gasteiger partial charge in [-0.1, -0.05) is 0 Å². The Hall–Kier alpha value is -1.25. The van der Waals surface area contributed by atoms with Gasteiger partial charge in [-0.15, -0.1) is 9.35 Å². The van der Waals surface area contributed by atoms with Crippen molar-refractivity contribution in [3.8, 4) is 0 Å². The molecule has 10 heteroatoms. The molecule has 0 rings (SSSR count). The summed E-state index contributed by atoms with van der Waals surface area (Å²) in [5.41, 5.74) is -0.285. The van der Waals surface area contributed by atoms with Crippen LogP contribution in [0.15, 0.2) is 11.6 Å². The zero-order chi connectivity index (χ0) is 14.9. The van der Waals surface area contributed by atoms with Crippen molar-refractivity contribution >= 4 is 19.5 Å². The first-order valence-corrected chi connectivity index (χ1v) is 6.56. The van der Waals surface area contributed by atoms with Crippen LogP contribution in [0, 0.1) is 0 Å². The van der Waals surface area contributed by atoms with Gasteiger partial charge in [0.25, 0.3) is 0 Å². The highest BCUT2D eigenvalue weighted by Gasteiger charge is 2.32. The molecule has 0 aliphatic rings. The van der Waals surface area contributed by atoms with Crippen molar-refractivity contribution in [2.75, 3.05) is 34.6 Å². The fourth-order valence-corrected chi connectivity index (χ4v) is 2.22. The Balaban J connectivity index is 5.17. The van der Waals surface area contributed by atoms with Crippen molar-refractivity contribution in [1.82, 2.24) is 0 Å². The Bertz CT molecular complexity index is 379. The van der Waals surface area contributed by atoms with E-state index in [1.807, 2.05) is 0 Å². The summed E-state index contributed by atoms with van der Waals surface area (Å²) in [7, 11) is 0.457. The molecule has 0 unspecified atom stereocenters. The van der Waals surface area contributed by atoms with E-state index in [1.54, 1.807) is 0 Å². The highest BCUT2D eigenvalue weighted by Crippen LogP contribution is 2.49. The summed E-state index contributed by atoms with van der Waals surface area (Å²) in [5.74, 6) is -1.73. The molecule has 0 atom stereocenters. The second-order valence-electron chi connectivity index (χ2n) is 2.94. The Labute approximate surface area is 109 Å². The largest absolute Gasteiger partial charge is 0.466 e. The number of rotatable bonds is 8. The molecule has 0 saturated carbocycles. The first-order valence-electron chi connectivity index (χ1n) is 4.83. The maximum Gasteiger partial charge on any atom is 0.388 e. The van der Waals surface area contributed by atoms with Crippen molar-refractivity contribution in [2.24, 2.45) is 0 Å². The molecule has 0 fully saturated rings. The van der Waals surface area contributed by atoms with Crippen LogP contribution in [0.1, 0.15) is 0 Å². The SMILES string of the molecule is COOP(=O)(C/C(=C\C(=O)OC)C(=O)OC)OOC. The smallest absolute Gasteiger partial charge is 0.388 e. The van der Waals surface area contributed by atoms with Crippen LogP contribution < -0.4 is 0 Å². The molecule has 0 saturated heterocycles. The lowest BCUT2D eigenvalue weighted by atomic mass is 10.3. The summed E-state index contributed by atoms with van der Waals surface area (Å²) < 4.78 is 29.6. The van der Waals surface area contributed by atoms with E-state index in [1.165, 1.54) is 0 Å². The van der Waals surface area contributed by atoms with Gasteiger partial charge >= 0.3 is 19.5 Å². The lowest BCUT2D eigenvalue weighted by Gasteiger charge is -2.14. The zero-order valence-corrected chi connectivity index (χ0v) is 11.8. The van der Waals surface area contributed by atoms with Gasteiger partial charge < -0.3 is 9.47 Å². The van der Waals surface area contributed by atoms with E-state index < -0.39 is 25.7 Å². The third-order valence-corrected chi connectivity index (χ3v) is 3.16. The predicted molar refractivity (Wildman–Crippen MR) is 60.8 cm³/mol. The van der Waals surface area contributed by atoms with E-state index in [4.69, 9.17) is 0 Å². The van der Waals surface area contributed by atoms with Crippen molar-refractivity contribution < 1.29 is 42.8 Å². The Morgan fingerprint density at radius 1 is 1.00 bits per heavy atom. The number of ether oxygens (including phenoxy) is 2. The van der Waals surface area contributed by atoms with Crippen molar-refractivity contribution in [3.05, 3.63) is 11.6 Å². The molecule has 0 heterocycles. The van der Waals surface area contributed by atoms with E-state index in [0.717, 1.165) is 34.5 Å². The second-order valence-corrected chi connectivity index (χ2v) is 4.77. The summed E-state index contributed by atoms with van der Waals surface area (Å²) in [5, 5.41) is 0. The standard InChI is InChI=1S/C9H15O9P/c1-13-8(10)5-7(9(11)14-2)6-19(12,17-15-3)18-16-4/h5H,6H2,1-4H3/b7-5+. The number of hydrogen-bond acceptors (Lipinski definition) is 9. The molecule has 0 aliphatic carbocycles. The van der Waals surface area contributed by atoms with Crippen LogP contribution >= 0.6 is 7.60 Å². The van der Waals surface area contributed by atoms with Gasteiger partial charge in [-0.05, 0) is 0 Å². The van der Waals surface area contributed by atoms with Gasteiger partial charge in [0.2, 0.25) is 0 Å². The van der Waals surface area contributed by atoms with E-state index in [2.05, 4.69) is 28.6 Å². The molecule has 0 bridgehead atoms. The highest BCUT2D eigenvalue weighted by molar-refractivity contribution is 7.53. The van der Waals surface area contributed by atoms with Crippen molar-refractivity contribution in [3.63, 3.8) is 0 Å². The van der Waals surface area contributed by atoms with Crippen LogP contribution in [0.25, 0.3) is 0 Å². The minimum Gasteiger partial charge on any atom is -0.466 e. The molecular weight excluding hydrogens is 283 g/mol. The third kappa shape index (κ3) is 6.46. The molecule has 0 aromatic carbocycles. The van der Waals surface area contributed by atoms with Crippen LogP contribution in [-0.2, 0) is 42.8 Å². The number of methoxy groups -OCH3 is 2. The molecule has 0 aliphatic heterocycles. The van der Waals surface area contributed by atoms with Crippen LogP contribution in [-0.4, -0.2) is 46.5 Å². The van der Waals surface area contributed by atoms with Gasteiger partial charge in [-0.25, -0.2) is 19.4 Å². The van der Waals surface area contributed by atoms with Gasteiger partial charge in [-0.2, -0.15) is 0 Å². The Kier molecular flexibility index (Phi) is 8.21. The third-order valence-electron chi connectivity index (χ3n) is 1.68. The summed E-state index contributed by atoms with van der Waals surface area (Å²) >= 11 is 0. The normalized spacial score (nSPS) is 12.1. The van der Waals surface area contributed by atoms with Crippen molar-refractivity contribution in [2.45, 2.75) is 0 Å². The second kappa shape index (κ2) is 8.78. The molecule has 9 nitrogen and oxygen atoms in total. The number of carbonyl (C=O) groups excluding carboxylic acids is 2. The van der Waals surface area contributed by atoms with E-state index in [0.29, 0.717) is 0 Å². The Morgan fingerprint density at radius 2 is 1.53 bits per heavy atom. The number of hydrogen-bond donors (Lipinski definition) is 0. The maximum absolute atomic E-state index is 12.0. The minimum atomic E-state index is -3.93. The maximum atomic E-state index is 12.0. The van der Waals surface area contributed by atoms with Crippen LogP contribution in [0.2, 0.25) is 0 Å². The molecule has 0 N–H and O–H groups in total. The molecule has 0 amide bonds. The molecule has 19 heavy (non-hydrogen) atoms. The average Bonchev–Trinajstić information content (AvgIpc) is 2.37. The fraction of sp³-hybridized carbons (Fsp3) is 0.556. The zero-order valence-electron chi connectivity index (χ0n) is 10.9. The lowest BCUT2D eigenvalue weighted by Crippen LogP contribution is -2.13. The number of esters is 2. The van der Waals surface area contributed by atoms with Gasteiger partial charge in [0.1, 0.15) is 0 Å². The number of carbonyl (C=O) groups is 2. The highest BCUT2D eigenvalue weighted by atomic mass is 31.2. The van der Waals surface area contributed by atoms with Crippen LogP contribution in [0.3, 0.4) is 0 Å². The van der Waals surface area contributed by atoms with E-state index in [-0.39, 0.29) is 5.57 Å². The monoisotopic (exact) mass is 298 g/mol. The van der Waals surface area contributed by atoms with Gasteiger partial charge in [0, 0.05) is 6.08 Å². The predicted octanol–water partition coefficient (Wildman–Crippen LogP) is 0.608. The quantitative estimate of drug-likeness (QED) is 0.209. The topological polar surface area (TPSA) is 107 Å². The summed E-state index contributed by atoms with van der Waals surface area (Å²) in [6.07, 6.45) is 0.201.